The predicted molar refractivity (Wildman–Crippen MR) is 117 cm³/mol. The quantitative estimate of drug-likeness (QED) is 0.388. The minimum atomic E-state index is 0.701. The third kappa shape index (κ3) is 2.50. The van der Waals surface area contributed by atoms with Crippen molar-refractivity contribution in [1.82, 2.24) is 19.4 Å². The molecule has 6 aromatic rings. The van der Waals surface area contributed by atoms with Crippen LogP contribution in [-0.4, -0.2) is 19.4 Å². The number of pyridine rings is 1. The van der Waals surface area contributed by atoms with Crippen molar-refractivity contribution in [2.45, 2.75) is 0 Å². The smallest absolute Gasteiger partial charge is 0.169 e. The highest BCUT2D eigenvalue weighted by Gasteiger charge is 2.17. The fourth-order valence-corrected chi connectivity index (χ4v) is 3.82. The van der Waals surface area contributed by atoms with Crippen LogP contribution < -0.4 is 0 Å². The van der Waals surface area contributed by atoms with Crippen LogP contribution in [0.4, 0.5) is 0 Å². The molecule has 0 N–H and O–H groups in total. The molecule has 4 nitrogen and oxygen atoms in total. The minimum Gasteiger partial charge on any atom is -0.283 e. The van der Waals surface area contributed by atoms with Gasteiger partial charge in [-0.3, -0.25) is 4.40 Å². The molecule has 3 heterocycles. The lowest BCUT2D eigenvalue weighted by molar-refractivity contribution is 1.16. The van der Waals surface area contributed by atoms with Gasteiger partial charge in [0.25, 0.3) is 0 Å². The van der Waals surface area contributed by atoms with Crippen LogP contribution in [0.15, 0.2) is 97.2 Å². The Morgan fingerprint density at radius 1 is 0.552 bits per heavy atom. The van der Waals surface area contributed by atoms with E-state index in [0.29, 0.717) is 5.82 Å². The molecule has 0 radical (unpaired) electrons. The molecule has 0 aliphatic heterocycles. The Balaban J connectivity index is 1.77. The van der Waals surface area contributed by atoms with E-state index >= 15 is 0 Å². The predicted octanol–water partition coefficient (Wildman–Crippen LogP) is 5.76. The summed E-state index contributed by atoms with van der Waals surface area (Å²) in [5, 5.41) is 2.26. The van der Waals surface area contributed by atoms with Crippen LogP contribution in [0.5, 0.6) is 0 Å². The Labute approximate surface area is 167 Å². The van der Waals surface area contributed by atoms with Crippen LogP contribution in [0, 0.1) is 0 Å². The van der Waals surface area contributed by atoms with Gasteiger partial charge in [0.15, 0.2) is 11.5 Å². The second kappa shape index (κ2) is 6.24. The molecule has 0 unspecified atom stereocenters. The van der Waals surface area contributed by atoms with Crippen molar-refractivity contribution < 1.29 is 0 Å². The summed E-state index contributed by atoms with van der Waals surface area (Å²) < 4.78 is 2.07. The second-order valence-electron chi connectivity index (χ2n) is 7.01. The molecular weight excluding hydrogens is 356 g/mol. The Morgan fingerprint density at radius 2 is 1.24 bits per heavy atom. The number of imidazole rings is 1. The molecule has 0 amide bonds. The van der Waals surface area contributed by atoms with Crippen molar-refractivity contribution in [3.8, 4) is 22.6 Å². The van der Waals surface area contributed by atoms with E-state index < -0.39 is 0 Å². The molecule has 3 aromatic heterocycles. The lowest BCUT2D eigenvalue weighted by atomic mass is 10.1. The molecule has 0 fully saturated rings. The van der Waals surface area contributed by atoms with E-state index in [1.54, 1.807) is 0 Å². The first-order valence-corrected chi connectivity index (χ1v) is 9.57. The van der Waals surface area contributed by atoms with Crippen LogP contribution >= 0.6 is 0 Å². The van der Waals surface area contributed by atoms with Crippen LogP contribution in [0.1, 0.15) is 0 Å². The summed E-state index contributed by atoms with van der Waals surface area (Å²) in [5.74, 6) is 0.701. The summed E-state index contributed by atoms with van der Waals surface area (Å²) in [7, 11) is 0. The van der Waals surface area contributed by atoms with Crippen LogP contribution in [0.2, 0.25) is 0 Å². The number of benzene rings is 3. The van der Waals surface area contributed by atoms with Gasteiger partial charge in [0.1, 0.15) is 16.9 Å². The average Bonchev–Trinajstić information content (AvgIpc) is 3.19. The molecule has 29 heavy (non-hydrogen) atoms. The zero-order valence-electron chi connectivity index (χ0n) is 15.5. The van der Waals surface area contributed by atoms with E-state index in [4.69, 9.17) is 15.0 Å². The van der Waals surface area contributed by atoms with Gasteiger partial charge in [-0.1, -0.05) is 84.9 Å². The number of nitrogens with zero attached hydrogens (tertiary/aromatic N) is 4. The van der Waals surface area contributed by atoms with Gasteiger partial charge in [0, 0.05) is 22.7 Å². The molecule has 0 bridgehead atoms. The third-order valence-electron chi connectivity index (χ3n) is 5.22. The Hall–Kier alpha value is -4.05. The maximum absolute atomic E-state index is 4.99. The lowest BCUT2D eigenvalue weighted by Gasteiger charge is -2.06. The Morgan fingerprint density at radius 3 is 2.03 bits per heavy atom. The maximum Gasteiger partial charge on any atom is 0.169 e. The largest absolute Gasteiger partial charge is 0.283 e. The topological polar surface area (TPSA) is 43.1 Å². The lowest BCUT2D eigenvalue weighted by Crippen LogP contribution is -1.96. The van der Waals surface area contributed by atoms with Crippen molar-refractivity contribution in [1.29, 1.82) is 0 Å². The Kier molecular flexibility index (Phi) is 3.43. The van der Waals surface area contributed by atoms with Gasteiger partial charge in [-0.15, -0.1) is 0 Å². The number of hydrogen-bond donors (Lipinski definition) is 0. The molecule has 0 atom stereocenters. The number of rotatable bonds is 2. The van der Waals surface area contributed by atoms with Crippen molar-refractivity contribution in [3.63, 3.8) is 0 Å². The molecule has 0 aliphatic rings. The molecule has 0 spiro atoms. The van der Waals surface area contributed by atoms with Crippen molar-refractivity contribution >= 4 is 27.6 Å². The highest BCUT2D eigenvalue weighted by molar-refractivity contribution is 6.00. The van der Waals surface area contributed by atoms with Crippen molar-refractivity contribution in [2.75, 3.05) is 0 Å². The molecule has 0 aliphatic carbocycles. The summed E-state index contributed by atoms with van der Waals surface area (Å²) in [6.45, 7) is 0. The van der Waals surface area contributed by atoms with Gasteiger partial charge in [-0.2, -0.15) is 0 Å². The summed E-state index contributed by atoms with van der Waals surface area (Å²) in [6.07, 6.45) is 2.05. The molecule has 6 rings (SSSR count). The van der Waals surface area contributed by atoms with Crippen molar-refractivity contribution in [3.05, 3.63) is 97.2 Å². The standard InChI is InChI=1S/C25H16N4/c1-3-10-18(11-4-1)21-22-25(28-23(26-21)19-12-5-2-6-13-19)29-16-15-17-9-7-8-14-20(17)24(29)27-22/h1-16H. The molecule has 0 saturated heterocycles. The monoisotopic (exact) mass is 372 g/mol. The second-order valence-corrected chi connectivity index (χ2v) is 7.01. The number of hydrogen-bond acceptors (Lipinski definition) is 3. The molecule has 4 heteroatoms. The highest BCUT2D eigenvalue weighted by atomic mass is 15.1. The Bertz CT molecular complexity index is 1490. The van der Waals surface area contributed by atoms with Crippen LogP contribution in [0.25, 0.3) is 50.2 Å². The zero-order valence-corrected chi connectivity index (χ0v) is 15.5. The fourth-order valence-electron chi connectivity index (χ4n) is 3.82. The van der Waals surface area contributed by atoms with E-state index in [1.165, 1.54) is 0 Å². The molecule has 0 saturated carbocycles. The van der Waals surface area contributed by atoms with Gasteiger partial charge in [-0.25, -0.2) is 15.0 Å². The van der Waals surface area contributed by atoms with E-state index in [1.807, 2.05) is 66.9 Å². The normalized spacial score (nSPS) is 11.4. The number of fused-ring (bicyclic) bond motifs is 5. The van der Waals surface area contributed by atoms with Gasteiger partial charge in [-0.05, 0) is 11.5 Å². The van der Waals surface area contributed by atoms with Gasteiger partial charge in [0.05, 0.1) is 0 Å². The van der Waals surface area contributed by atoms with Gasteiger partial charge >= 0.3 is 0 Å². The average molecular weight is 372 g/mol. The fraction of sp³-hybridized carbons (Fsp3) is 0. The van der Waals surface area contributed by atoms with Gasteiger partial charge < -0.3 is 0 Å². The summed E-state index contributed by atoms with van der Waals surface area (Å²) in [4.78, 5) is 14.8. The molecule has 3 aromatic carbocycles. The first-order valence-electron chi connectivity index (χ1n) is 9.57. The van der Waals surface area contributed by atoms with Gasteiger partial charge in [0.2, 0.25) is 0 Å². The number of aromatic nitrogens is 4. The summed E-state index contributed by atoms with van der Waals surface area (Å²) >= 11 is 0. The van der Waals surface area contributed by atoms with E-state index in [2.05, 4.69) is 34.7 Å². The maximum atomic E-state index is 4.99. The van der Waals surface area contributed by atoms with E-state index in [-0.39, 0.29) is 0 Å². The zero-order chi connectivity index (χ0) is 19.2. The summed E-state index contributed by atoms with van der Waals surface area (Å²) in [5.41, 5.74) is 5.40. The van der Waals surface area contributed by atoms with E-state index in [0.717, 1.165) is 44.4 Å². The van der Waals surface area contributed by atoms with Crippen molar-refractivity contribution in [2.24, 2.45) is 0 Å². The minimum absolute atomic E-state index is 0.701. The first-order chi connectivity index (χ1) is 14.4. The highest BCUT2D eigenvalue weighted by Crippen LogP contribution is 2.31. The third-order valence-corrected chi connectivity index (χ3v) is 5.22. The SMILES string of the molecule is c1ccc(-c2nc(-c3ccccc3)c3nc4c5ccccc5ccn4c3n2)cc1. The molecule has 136 valence electrons. The summed E-state index contributed by atoms with van der Waals surface area (Å²) in [6, 6.07) is 30.7. The van der Waals surface area contributed by atoms with E-state index in [9.17, 15) is 0 Å². The first kappa shape index (κ1) is 16.0. The van der Waals surface area contributed by atoms with Crippen LogP contribution in [0.3, 0.4) is 0 Å². The molecular formula is C25H16N4. The van der Waals surface area contributed by atoms with Crippen LogP contribution in [-0.2, 0) is 0 Å².